The summed E-state index contributed by atoms with van der Waals surface area (Å²) in [5.41, 5.74) is 0.939. The van der Waals surface area contributed by atoms with E-state index in [1.165, 1.54) is 24.1 Å². The molecule has 18 heavy (non-hydrogen) atoms. The predicted molar refractivity (Wildman–Crippen MR) is 78.6 cm³/mol. The Morgan fingerprint density at radius 3 is 2.56 bits per heavy atom. The molecular weight excluding hydrogens is 350 g/mol. The van der Waals surface area contributed by atoms with E-state index in [0.29, 0.717) is 11.3 Å². The minimum atomic E-state index is -0.730. The van der Waals surface area contributed by atoms with Crippen molar-refractivity contribution in [3.8, 4) is 0 Å². The van der Waals surface area contributed by atoms with Crippen LogP contribution < -0.4 is 3.53 Å². The van der Waals surface area contributed by atoms with Crippen LogP contribution in [0.3, 0.4) is 0 Å². The molecule has 2 N–H and O–H groups in total. The fraction of sp³-hybridized carbons (Fsp3) is 0.417. The Hall–Kier alpha value is -0.730. The standard InChI is InChI=1S/C12H18FIN2O2/c1-5-9(13)6-11(8(2)3)16(4)12(18)10(7-17)15-14/h5-6,10,15,17H,2,7H2,1,3-4H3/b9-5+,11-6+. The van der Waals surface area contributed by atoms with E-state index in [4.69, 9.17) is 5.11 Å². The number of carbonyl (C=O) groups excluding carboxylic acids is 1. The van der Waals surface area contributed by atoms with Gasteiger partial charge in [-0.15, -0.1) is 0 Å². The summed E-state index contributed by atoms with van der Waals surface area (Å²) in [6.07, 6.45) is 2.53. The molecule has 0 aliphatic carbocycles. The number of carbonyl (C=O) groups is 1. The minimum absolute atomic E-state index is 0.332. The first-order valence-electron chi connectivity index (χ1n) is 5.33. The first-order valence-corrected chi connectivity index (χ1v) is 6.40. The zero-order valence-corrected chi connectivity index (χ0v) is 12.9. The van der Waals surface area contributed by atoms with Gasteiger partial charge in [-0.05, 0) is 25.5 Å². The lowest BCUT2D eigenvalue weighted by Gasteiger charge is -2.24. The Labute approximate surface area is 121 Å². The van der Waals surface area contributed by atoms with Crippen LogP contribution in [0.2, 0.25) is 0 Å². The van der Waals surface area contributed by atoms with Crippen molar-refractivity contribution >= 4 is 28.8 Å². The molecule has 1 atom stereocenters. The smallest absolute Gasteiger partial charge is 0.246 e. The third-order valence-electron chi connectivity index (χ3n) is 2.29. The molecule has 0 fully saturated rings. The van der Waals surface area contributed by atoms with Crippen molar-refractivity contribution in [3.63, 3.8) is 0 Å². The molecule has 0 aromatic carbocycles. The van der Waals surface area contributed by atoms with Crippen LogP contribution in [0.15, 0.2) is 35.8 Å². The van der Waals surface area contributed by atoms with Gasteiger partial charge in [0.2, 0.25) is 5.91 Å². The molecule has 0 aromatic heterocycles. The average molecular weight is 368 g/mol. The molecule has 0 saturated carbocycles. The van der Waals surface area contributed by atoms with Crippen molar-refractivity contribution < 1.29 is 14.3 Å². The SMILES string of the molecule is C=C(C)/C(=C\C(F)=C/C)N(C)C(=O)C(CO)NI. The van der Waals surface area contributed by atoms with Gasteiger partial charge >= 0.3 is 0 Å². The summed E-state index contributed by atoms with van der Waals surface area (Å²) in [7, 11) is 1.52. The Balaban J connectivity index is 5.22. The molecule has 102 valence electrons. The number of likely N-dealkylation sites (N-methyl/N-ethyl adjacent to an activating group) is 1. The summed E-state index contributed by atoms with van der Waals surface area (Å²) in [4.78, 5) is 13.3. The second-order valence-electron chi connectivity index (χ2n) is 3.72. The Morgan fingerprint density at radius 2 is 2.22 bits per heavy atom. The topological polar surface area (TPSA) is 52.6 Å². The van der Waals surface area contributed by atoms with Gasteiger partial charge in [0.1, 0.15) is 11.9 Å². The molecule has 0 aliphatic rings. The molecule has 0 spiro atoms. The molecule has 0 aliphatic heterocycles. The van der Waals surface area contributed by atoms with Crippen LogP contribution in [-0.2, 0) is 4.79 Å². The lowest BCUT2D eigenvalue weighted by atomic mass is 10.1. The number of halogens is 2. The maximum Gasteiger partial charge on any atom is 0.246 e. The first-order chi connectivity index (χ1) is 8.38. The highest BCUT2D eigenvalue weighted by molar-refractivity contribution is 14.1. The van der Waals surface area contributed by atoms with E-state index in [0.717, 1.165) is 0 Å². The van der Waals surface area contributed by atoms with Crippen molar-refractivity contribution in [3.05, 3.63) is 35.8 Å². The fourth-order valence-corrected chi connectivity index (χ4v) is 1.70. The van der Waals surface area contributed by atoms with Gasteiger partial charge in [0.25, 0.3) is 0 Å². The third-order valence-corrected chi connectivity index (χ3v) is 3.04. The van der Waals surface area contributed by atoms with E-state index in [1.807, 2.05) is 0 Å². The highest BCUT2D eigenvalue weighted by Gasteiger charge is 2.22. The highest BCUT2D eigenvalue weighted by atomic mass is 127. The Kier molecular flexibility index (Phi) is 8.05. The van der Waals surface area contributed by atoms with Crippen molar-refractivity contribution in [1.82, 2.24) is 8.43 Å². The van der Waals surface area contributed by atoms with Crippen molar-refractivity contribution in [1.29, 1.82) is 0 Å². The number of hydrogen-bond acceptors (Lipinski definition) is 3. The molecule has 0 saturated heterocycles. The summed E-state index contributed by atoms with van der Waals surface area (Å²) in [5, 5.41) is 9.05. The maximum atomic E-state index is 13.3. The molecule has 0 heterocycles. The number of hydrogen-bond donors (Lipinski definition) is 2. The zero-order chi connectivity index (χ0) is 14.3. The summed E-state index contributed by atoms with van der Waals surface area (Å²) >= 11 is 1.79. The van der Waals surface area contributed by atoms with Crippen LogP contribution >= 0.6 is 22.9 Å². The van der Waals surface area contributed by atoms with E-state index >= 15 is 0 Å². The minimum Gasteiger partial charge on any atom is -0.394 e. The molecular formula is C12H18FIN2O2. The van der Waals surface area contributed by atoms with Gasteiger partial charge < -0.3 is 10.0 Å². The second kappa shape index (κ2) is 8.39. The maximum absolute atomic E-state index is 13.3. The Morgan fingerprint density at radius 1 is 1.67 bits per heavy atom. The van der Waals surface area contributed by atoms with Crippen LogP contribution in [0.1, 0.15) is 13.8 Å². The molecule has 0 rings (SSSR count). The van der Waals surface area contributed by atoms with Gasteiger partial charge in [-0.25, -0.2) is 7.92 Å². The number of amides is 1. The highest BCUT2D eigenvalue weighted by Crippen LogP contribution is 2.16. The summed E-state index contributed by atoms with van der Waals surface area (Å²) in [6.45, 7) is 6.63. The van der Waals surface area contributed by atoms with Gasteiger partial charge in [-0.1, -0.05) is 12.7 Å². The number of rotatable bonds is 6. The third kappa shape index (κ3) is 4.87. The molecule has 0 radical (unpaired) electrons. The number of allylic oxidation sites excluding steroid dienone is 4. The Bertz CT molecular complexity index is 376. The number of nitrogens with zero attached hydrogens (tertiary/aromatic N) is 1. The monoisotopic (exact) mass is 368 g/mol. The van der Waals surface area contributed by atoms with E-state index in [1.54, 1.807) is 36.7 Å². The first kappa shape index (κ1) is 17.3. The van der Waals surface area contributed by atoms with E-state index in [9.17, 15) is 9.18 Å². The van der Waals surface area contributed by atoms with Gasteiger partial charge in [0.05, 0.1) is 6.61 Å². The normalized spacial score (nSPS) is 14.3. The van der Waals surface area contributed by atoms with Crippen molar-refractivity contribution in [2.45, 2.75) is 19.9 Å². The molecule has 0 bridgehead atoms. The zero-order valence-electron chi connectivity index (χ0n) is 10.7. The lowest BCUT2D eigenvalue weighted by molar-refractivity contribution is -0.130. The quantitative estimate of drug-likeness (QED) is 0.429. The van der Waals surface area contributed by atoms with Crippen LogP contribution in [0.5, 0.6) is 0 Å². The van der Waals surface area contributed by atoms with E-state index in [2.05, 4.69) is 10.1 Å². The molecule has 4 nitrogen and oxygen atoms in total. The largest absolute Gasteiger partial charge is 0.394 e. The van der Waals surface area contributed by atoms with Crippen molar-refractivity contribution in [2.75, 3.05) is 13.7 Å². The summed E-state index contributed by atoms with van der Waals surface area (Å²) < 4.78 is 15.9. The van der Waals surface area contributed by atoms with Gasteiger partial charge in [-0.3, -0.25) is 4.79 Å². The predicted octanol–water partition coefficient (Wildman–Crippen LogP) is 2.08. The van der Waals surface area contributed by atoms with Crippen LogP contribution in [0.4, 0.5) is 4.39 Å². The molecule has 1 amide bonds. The lowest BCUT2D eigenvalue weighted by Crippen LogP contribution is -2.43. The van der Waals surface area contributed by atoms with E-state index in [-0.39, 0.29) is 12.5 Å². The summed E-state index contributed by atoms with van der Waals surface area (Å²) in [6, 6.07) is -0.730. The van der Waals surface area contributed by atoms with E-state index < -0.39 is 11.9 Å². The average Bonchev–Trinajstić information content (AvgIpc) is 2.35. The van der Waals surface area contributed by atoms with Crippen LogP contribution in [0, 0.1) is 0 Å². The number of nitrogens with one attached hydrogen (secondary N) is 1. The fourth-order valence-electron chi connectivity index (χ4n) is 1.23. The number of aliphatic hydroxyl groups excluding tert-OH is 1. The number of aliphatic hydroxyl groups is 1. The summed E-state index contributed by atoms with van der Waals surface area (Å²) in [5.74, 6) is -0.805. The van der Waals surface area contributed by atoms with Gasteiger partial charge in [-0.2, -0.15) is 0 Å². The molecule has 0 aromatic rings. The second-order valence-corrected chi connectivity index (χ2v) is 4.35. The van der Waals surface area contributed by atoms with Gasteiger partial charge in [0.15, 0.2) is 0 Å². The molecule has 1 unspecified atom stereocenters. The van der Waals surface area contributed by atoms with Crippen LogP contribution in [0.25, 0.3) is 0 Å². The van der Waals surface area contributed by atoms with Gasteiger partial charge in [0, 0.05) is 35.6 Å². The van der Waals surface area contributed by atoms with Crippen LogP contribution in [-0.4, -0.2) is 35.6 Å². The molecule has 6 heteroatoms. The van der Waals surface area contributed by atoms with Crippen molar-refractivity contribution in [2.24, 2.45) is 0 Å².